The van der Waals surface area contributed by atoms with Gasteiger partial charge < -0.3 is 10.8 Å². The second-order valence-electron chi connectivity index (χ2n) is 6.33. The number of hydrogen-bond donors (Lipinski definition) is 2. The molecule has 0 rings (SSSR count). The molecule has 3 nitrogen and oxygen atoms in total. The molecule has 134 valence electrons. The molecule has 0 fully saturated rings. The van der Waals surface area contributed by atoms with Crippen molar-refractivity contribution in [3.05, 3.63) is 0 Å². The van der Waals surface area contributed by atoms with Gasteiger partial charge in [-0.1, -0.05) is 96.8 Å². The Morgan fingerprint density at radius 3 is 1.41 bits per heavy atom. The summed E-state index contributed by atoms with van der Waals surface area (Å²) in [7, 11) is 0. The largest absolute Gasteiger partial charge is 0.480 e. The lowest BCUT2D eigenvalue weighted by Gasteiger charge is -2.06. The zero-order chi connectivity index (χ0) is 15.8. The van der Waals surface area contributed by atoms with Crippen LogP contribution in [0.3, 0.4) is 0 Å². The molecule has 3 N–H and O–H groups in total. The highest BCUT2D eigenvalue weighted by Gasteiger charge is 2.09. The minimum Gasteiger partial charge on any atom is -0.480 e. The van der Waals surface area contributed by atoms with Crippen molar-refractivity contribution in [2.24, 2.45) is 5.73 Å². The number of carboxylic acid groups (broad SMARTS) is 1. The van der Waals surface area contributed by atoms with Gasteiger partial charge in [-0.05, 0) is 6.42 Å². The third-order valence-electron chi connectivity index (χ3n) is 4.19. The van der Waals surface area contributed by atoms with Gasteiger partial charge in [0.2, 0.25) is 0 Å². The number of halogens is 1. The smallest absolute Gasteiger partial charge is 0.320 e. The zero-order valence-corrected chi connectivity index (χ0v) is 15.3. The van der Waals surface area contributed by atoms with Crippen molar-refractivity contribution in [3.8, 4) is 0 Å². The zero-order valence-electron chi connectivity index (χ0n) is 14.5. The molecule has 0 bridgehead atoms. The Kier molecular flexibility index (Phi) is 20.5. The molecule has 0 aliphatic carbocycles. The van der Waals surface area contributed by atoms with E-state index in [4.69, 9.17) is 10.8 Å². The molecular formula is C18H38ClNO2. The fourth-order valence-electron chi connectivity index (χ4n) is 2.68. The van der Waals surface area contributed by atoms with E-state index in [9.17, 15) is 4.79 Å². The van der Waals surface area contributed by atoms with Gasteiger partial charge >= 0.3 is 5.97 Å². The van der Waals surface area contributed by atoms with Crippen LogP contribution in [0, 0.1) is 0 Å². The van der Waals surface area contributed by atoms with Crippen molar-refractivity contribution in [3.63, 3.8) is 0 Å². The Hall–Kier alpha value is -0.280. The van der Waals surface area contributed by atoms with Crippen molar-refractivity contribution in [2.75, 3.05) is 0 Å². The van der Waals surface area contributed by atoms with Crippen molar-refractivity contribution < 1.29 is 9.90 Å². The summed E-state index contributed by atoms with van der Waals surface area (Å²) >= 11 is 0. The van der Waals surface area contributed by atoms with Gasteiger partial charge in [0.25, 0.3) is 0 Å². The quantitative estimate of drug-likeness (QED) is 0.356. The molecule has 0 saturated heterocycles. The van der Waals surface area contributed by atoms with E-state index in [0.29, 0.717) is 6.42 Å². The first-order valence-corrected chi connectivity index (χ1v) is 9.17. The summed E-state index contributed by atoms with van der Waals surface area (Å²) in [6.45, 7) is 2.26. The van der Waals surface area contributed by atoms with Crippen LogP contribution in [0.25, 0.3) is 0 Å². The van der Waals surface area contributed by atoms with Crippen molar-refractivity contribution in [2.45, 2.75) is 109 Å². The molecule has 0 spiro atoms. The number of unbranched alkanes of at least 4 members (excludes halogenated alkanes) is 13. The van der Waals surface area contributed by atoms with E-state index in [2.05, 4.69) is 6.92 Å². The monoisotopic (exact) mass is 335 g/mol. The van der Waals surface area contributed by atoms with Crippen LogP contribution < -0.4 is 5.73 Å². The number of nitrogens with two attached hydrogens (primary N) is 1. The second kappa shape index (κ2) is 18.8. The van der Waals surface area contributed by atoms with E-state index >= 15 is 0 Å². The summed E-state index contributed by atoms with van der Waals surface area (Å²) < 4.78 is 0. The second-order valence-corrected chi connectivity index (χ2v) is 6.33. The molecule has 1 atom stereocenters. The van der Waals surface area contributed by atoms with Gasteiger partial charge in [-0.3, -0.25) is 4.79 Å². The van der Waals surface area contributed by atoms with Crippen LogP contribution in [0.5, 0.6) is 0 Å². The average Bonchev–Trinajstić information content (AvgIpc) is 2.47. The first-order valence-electron chi connectivity index (χ1n) is 9.17. The normalized spacial score (nSPS) is 11.9. The first kappa shape index (κ1) is 24.0. The molecule has 0 heterocycles. The summed E-state index contributed by atoms with van der Waals surface area (Å²) in [6, 6.07) is -0.665. The Labute approximate surface area is 143 Å². The molecule has 0 aliphatic rings. The molecule has 22 heavy (non-hydrogen) atoms. The van der Waals surface area contributed by atoms with Gasteiger partial charge in [0, 0.05) is 0 Å². The summed E-state index contributed by atoms with van der Waals surface area (Å²) in [6.07, 6.45) is 19.1. The summed E-state index contributed by atoms with van der Waals surface area (Å²) in [5.74, 6) is -0.871. The number of carbonyl (C=O) groups is 1. The van der Waals surface area contributed by atoms with Gasteiger partial charge in [-0.2, -0.15) is 0 Å². The van der Waals surface area contributed by atoms with Crippen LogP contribution >= 0.6 is 12.4 Å². The number of hydrogen-bond acceptors (Lipinski definition) is 2. The van der Waals surface area contributed by atoms with E-state index in [-0.39, 0.29) is 12.4 Å². The number of rotatable bonds is 16. The van der Waals surface area contributed by atoms with E-state index in [1.165, 1.54) is 77.0 Å². The van der Waals surface area contributed by atoms with Gasteiger partial charge in [0.15, 0.2) is 0 Å². The predicted molar refractivity (Wildman–Crippen MR) is 97.8 cm³/mol. The molecule has 0 aromatic heterocycles. The minimum atomic E-state index is -0.871. The molecule has 0 radical (unpaired) electrons. The van der Waals surface area contributed by atoms with Crippen LogP contribution in [0.4, 0.5) is 0 Å². The predicted octanol–water partition coefficient (Wildman–Crippen LogP) is 5.69. The maximum Gasteiger partial charge on any atom is 0.320 e. The fraction of sp³-hybridized carbons (Fsp3) is 0.944. The highest BCUT2D eigenvalue weighted by Crippen LogP contribution is 2.13. The summed E-state index contributed by atoms with van der Waals surface area (Å²) in [5.41, 5.74) is 5.46. The minimum absolute atomic E-state index is 0. The molecular weight excluding hydrogens is 298 g/mol. The lowest BCUT2D eigenvalue weighted by molar-refractivity contribution is -0.138. The standard InChI is InChI=1S/C18H37NO2.ClH/c1-2-3-4-5-6-7-8-9-10-11-12-13-14-15-16-17(19)18(20)21;/h17H,2-16,19H2,1H3,(H,20,21);1H. The van der Waals surface area contributed by atoms with Gasteiger partial charge in [0.1, 0.15) is 6.04 Å². The van der Waals surface area contributed by atoms with Crippen LogP contribution in [0.1, 0.15) is 103 Å². The topological polar surface area (TPSA) is 63.3 Å². The molecule has 0 saturated carbocycles. The highest BCUT2D eigenvalue weighted by atomic mass is 35.5. The van der Waals surface area contributed by atoms with Crippen LogP contribution in [-0.4, -0.2) is 17.1 Å². The van der Waals surface area contributed by atoms with E-state index in [1.54, 1.807) is 0 Å². The van der Waals surface area contributed by atoms with Gasteiger partial charge in [-0.15, -0.1) is 12.4 Å². The first-order chi connectivity index (χ1) is 10.2. The molecule has 0 amide bonds. The van der Waals surface area contributed by atoms with Gasteiger partial charge in [-0.25, -0.2) is 0 Å². The maximum atomic E-state index is 10.5. The Morgan fingerprint density at radius 1 is 0.773 bits per heavy atom. The maximum absolute atomic E-state index is 10.5. The molecule has 0 aromatic rings. The third kappa shape index (κ3) is 17.8. The number of aliphatic carboxylic acids is 1. The molecule has 4 heteroatoms. The third-order valence-corrected chi connectivity index (χ3v) is 4.19. The van der Waals surface area contributed by atoms with Gasteiger partial charge in [0.05, 0.1) is 0 Å². The average molecular weight is 336 g/mol. The lowest BCUT2D eigenvalue weighted by atomic mass is 10.0. The Balaban J connectivity index is 0. The van der Waals surface area contributed by atoms with Crippen molar-refractivity contribution in [1.82, 2.24) is 0 Å². The lowest BCUT2D eigenvalue weighted by Crippen LogP contribution is -2.29. The highest BCUT2D eigenvalue weighted by molar-refractivity contribution is 5.85. The van der Waals surface area contributed by atoms with E-state index in [1.807, 2.05) is 0 Å². The summed E-state index contributed by atoms with van der Waals surface area (Å²) in [4.78, 5) is 10.5. The molecule has 0 aromatic carbocycles. The molecule has 1 unspecified atom stereocenters. The summed E-state index contributed by atoms with van der Waals surface area (Å²) in [5, 5.41) is 8.66. The van der Waals surface area contributed by atoms with Crippen LogP contribution in [0.2, 0.25) is 0 Å². The van der Waals surface area contributed by atoms with Crippen molar-refractivity contribution in [1.29, 1.82) is 0 Å². The fourth-order valence-corrected chi connectivity index (χ4v) is 2.68. The SMILES string of the molecule is CCCCCCCCCCCCCCCCC(N)C(=O)O.Cl. The van der Waals surface area contributed by atoms with E-state index in [0.717, 1.165) is 12.8 Å². The molecule has 0 aliphatic heterocycles. The van der Waals surface area contributed by atoms with E-state index < -0.39 is 12.0 Å². The Bertz CT molecular complexity index is 237. The van der Waals surface area contributed by atoms with Crippen molar-refractivity contribution >= 4 is 18.4 Å². The number of carboxylic acids is 1. The van der Waals surface area contributed by atoms with Crippen LogP contribution in [-0.2, 0) is 4.79 Å². The Morgan fingerprint density at radius 2 is 1.09 bits per heavy atom. The van der Waals surface area contributed by atoms with Crippen LogP contribution in [0.15, 0.2) is 0 Å².